The van der Waals surface area contributed by atoms with Crippen LogP contribution in [-0.4, -0.2) is 36.3 Å². The number of ether oxygens (including phenoxy) is 1. The van der Waals surface area contributed by atoms with E-state index in [1.54, 1.807) is 0 Å². The molecule has 0 aliphatic heterocycles. The molecule has 0 N–H and O–H groups in total. The summed E-state index contributed by atoms with van der Waals surface area (Å²) < 4.78 is 4.54. The van der Waals surface area contributed by atoms with E-state index in [0.717, 1.165) is 5.56 Å². The van der Waals surface area contributed by atoms with Gasteiger partial charge in [0.1, 0.15) is 12.4 Å². The second-order valence-electron chi connectivity index (χ2n) is 3.45. The van der Waals surface area contributed by atoms with Gasteiger partial charge in [0, 0.05) is 6.54 Å². The molecule has 0 bridgehead atoms. The highest BCUT2D eigenvalue weighted by molar-refractivity contribution is 6.27. The van der Waals surface area contributed by atoms with Gasteiger partial charge in [-0.2, -0.15) is 0 Å². The molecule has 4 nitrogen and oxygen atoms in total. The highest BCUT2D eigenvalue weighted by atomic mass is 35.5. The van der Waals surface area contributed by atoms with Gasteiger partial charge in [-0.3, -0.25) is 9.59 Å². The third-order valence-electron chi connectivity index (χ3n) is 2.23. The number of carbonyl (C=O) groups excluding carboxylic acids is 2. The normalized spacial score (nSPS) is 9.76. The molecule has 0 spiro atoms. The number of benzene rings is 1. The number of esters is 1. The minimum absolute atomic E-state index is 0.0864. The molecule has 0 aliphatic carbocycles. The van der Waals surface area contributed by atoms with Crippen LogP contribution in [-0.2, 0) is 20.9 Å². The maximum Gasteiger partial charge on any atom is 0.325 e. The minimum atomic E-state index is -0.459. The SMILES string of the molecule is COC(=O)CN(Cc1ccccc1)C(=O)CCl. The first-order valence-corrected chi connectivity index (χ1v) is 5.65. The number of alkyl halides is 1. The number of nitrogens with zero attached hydrogens (tertiary/aromatic N) is 1. The summed E-state index contributed by atoms with van der Waals surface area (Å²) in [5.41, 5.74) is 0.940. The smallest absolute Gasteiger partial charge is 0.325 e. The van der Waals surface area contributed by atoms with Gasteiger partial charge in [0.2, 0.25) is 5.91 Å². The van der Waals surface area contributed by atoms with E-state index in [9.17, 15) is 9.59 Å². The summed E-state index contributed by atoms with van der Waals surface area (Å²) in [7, 11) is 1.29. The first-order chi connectivity index (χ1) is 8.17. The number of methoxy groups -OCH3 is 1. The monoisotopic (exact) mass is 255 g/mol. The van der Waals surface area contributed by atoms with Crippen LogP contribution < -0.4 is 0 Å². The zero-order valence-corrected chi connectivity index (χ0v) is 10.3. The minimum Gasteiger partial charge on any atom is -0.468 e. The van der Waals surface area contributed by atoms with Crippen LogP contribution in [0.5, 0.6) is 0 Å². The van der Waals surface area contributed by atoms with Crippen molar-refractivity contribution in [2.24, 2.45) is 0 Å². The van der Waals surface area contributed by atoms with Crippen LogP contribution in [0.2, 0.25) is 0 Å². The quantitative estimate of drug-likeness (QED) is 0.591. The number of carbonyl (C=O) groups is 2. The van der Waals surface area contributed by atoms with E-state index in [1.807, 2.05) is 30.3 Å². The van der Waals surface area contributed by atoms with E-state index >= 15 is 0 Å². The average Bonchev–Trinajstić information content (AvgIpc) is 2.38. The lowest BCUT2D eigenvalue weighted by molar-refractivity contribution is -0.146. The largest absolute Gasteiger partial charge is 0.468 e. The Bertz CT molecular complexity index is 381. The molecule has 0 unspecified atom stereocenters. The number of rotatable bonds is 5. The lowest BCUT2D eigenvalue weighted by Gasteiger charge is -2.20. The number of hydrogen-bond acceptors (Lipinski definition) is 3. The predicted octanol–water partition coefficient (Wildman–Crippen LogP) is 1.43. The van der Waals surface area contributed by atoms with Crippen LogP contribution in [0.1, 0.15) is 5.56 Å². The van der Waals surface area contributed by atoms with Gasteiger partial charge < -0.3 is 9.64 Å². The van der Waals surface area contributed by atoms with Crippen molar-refractivity contribution >= 4 is 23.5 Å². The van der Waals surface area contributed by atoms with Crippen molar-refractivity contribution in [2.45, 2.75) is 6.54 Å². The Labute approximate surface area is 105 Å². The van der Waals surface area contributed by atoms with Gasteiger partial charge >= 0.3 is 5.97 Å². The molecule has 1 aromatic carbocycles. The standard InChI is InChI=1S/C12H14ClNO3/c1-17-12(16)9-14(11(15)7-13)8-10-5-3-2-4-6-10/h2-6H,7-9H2,1H3. The van der Waals surface area contributed by atoms with Gasteiger partial charge in [-0.25, -0.2) is 0 Å². The summed E-state index contributed by atoms with van der Waals surface area (Å²) >= 11 is 5.50. The third-order valence-corrected chi connectivity index (χ3v) is 2.46. The lowest BCUT2D eigenvalue weighted by atomic mass is 10.2. The Morgan fingerprint density at radius 2 is 1.94 bits per heavy atom. The molecule has 17 heavy (non-hydrogen) atoms. The molecule has 0 heterocycles. The molecule has 0 atom stereocenters. The van der Waals surface area contributed by atoms with Crippen molar-refractivity contribution in [3.8, 4) is 0 Å². The zero-order valence-electron chi connectivity index (χ0n) is 9.56. The van der Waals surface area contributed by atoms with E-state index in [-0.39, 0.29) is 18.3 Å². The zero-order chi connectivity index (χ0) is 12.7. The Morgan fingerprint density at radius 3 is 2.47 bits per heavy atom. The van der Waals surface area contributed by atoms with Gasteiger partial charge in [-0.15, -0.1) is 11.6 Å². The Morgan fingerprint density at radius 1 is 1.29 bits per heavy atom. The van der Waals surface area contributed by atoms with Gasteiger partial charge in [0.25, 0.3) is 0 Å². The van der Waals surface area contributed by atoms with Crippen molar-refractivity contribution in [2.75, 3.05) is 19.5 Å². The molecule has 1 rings (SSSR count). The molecule has 0 aromatic heterocycles. The maximum atomic E-state index is 11.6. The van der Waals surface area contributed by atoms with Crippen LogP contribution in [0.4, 0.5) is 0 Å². The maximum absolute atomic E-state index is 11.6. The van der Waals surface area contributed by atoms with Gasteiger partial charge in [-0.1, -0.05) is 30.3 Å². The van der Waals surface area contributed by atoms with Gasteiger partial charge in [0.15, 0.2) is 0 Å². The van der Waals surface area contributed by atoms with Crippen LogP contribution >= 0.6 is 11.6 Å². The van der Waals surface area contributed by atoms with E-state index in [4.69, 9.17) is 11.6 Å². The van der Waals surface area contributed by atoms with Crippen molar-refractivity contribution in [1.82, 2.24) is 4.90 Å². The fourth-order valence-corrected chi connectivity index (χ4v) is 1.51. The predicted molar refractivity (Wildman–Crippen MR) is 64.6 cm³/mol. The van der Waals surface area contributed by atoms with Crippen LogP contribution in [0.25, 0.3) is 0 Å². The molecular weight excluding hydrogens is 242 g/mol. The first kappa shape index (κ1) is 13.5. The number of halogens is 1. The molecule has 0 radical (unpaired) electrons. The van der Waals surface area contributed by atoms with Crippen LogP contribution in [0, 0.1) is 0 Å². The van der Waals surface area contributed by atoms with Gasteiger partial charge in [-0.05, 0) is 5.56 Å². The van der Waals surface area contributed by atoms with E-state index < -0.39 is 5.97 Å². The van der Waals surface area contributed by atoms with E-state index in [2.05, 4.69) is 4.74 Å². The summed E-state index contributed by atoms with van der Waals surface area (Å²) in [6.45, 7) is 0.262. The molecule has 0 saturated heterocycles. The summed E-state index contributed by atoms with van der Waals surface area (Å²) in [6, 6.07) is 9.39. The molecule has 0 aliphatic rings. The molecule has 1 amide bonds. The van der Waals surface area contributed by atoms with Crippen LogP contribution in [0.15, 0.2) is 30.3 Å². The summed E-state index contributed by atoms with van der Waals surface area (Å²) in [5.74, 6) is -0.899. The molecular formula is C12H14ClNO3. The molecule has 0 fully saturated rings. The van der Waals surface area contributed by atoms with Crippen molar-refractivity contribution < 1.29 is 14.3 Å². The number of amides is 1. The topological polar surface area (TPSA) is 46.6 Å². The van der Waals surface area contributed by atoms with Crippen molar-refractivity contribution in [3.05, 3.63) is 35.9 Å². The Balaban J connectivity index is 2.70. The molecule has 0 saturated carbocycles. The Hall–Kier alpha value is -1.55. The highest BCUT2D eigenvalue weighted by Gasteiger charge is 2.16. The fraction of sp³-hybridized carbons (Fsp3) is 0.333. The number of hydrogen-bond donors (Lipinski definition) is 0. The third kappa shape index (κ3) is 4.44. The first-order valence-electron chi connectivity index (χ1n) is 5.12. The molecule has 5 heteroatoms. The van der Waals surface area contributed by atoms with E-state index in [0.29, 0.717) is 6.54 Å². The second kappa shape index (κ2) is 6.91. The fourth-order valence-electron chi connectivity index (χ4n) is 1.34. The summed E-state index contributed by atoms with van der Waals surface area (Å²) in [4.78, 5) is 24.1. The summed E-state index contributed by atoms with van der Waals surface area (Å²) in [5, 5.41) is 0. The van der Waals surface area contributed by atoms with E-state index in [1.165, 1.54) is 12.0 Å². The van der Waals surface area contributed by atoms with Crippen molar-refractivity contribution in [1.29, 1.82) is 0 Å². The summed E-state index contributed by atoms with van der Waals surface area (Å²) in [6.07, 6.45) is 0. The van der Waals surface area contributed by atoms with Crippen molar-refractivity contribution in [3.63, 3.8) is 0 Å². The molecule has 92 valence electrons. The average molecular weight is 256 g/mol. The van der Waals surface area contributed by atoms with Gasteiger partial charge in [0.05, 0.1) is 7.11 Å². The Kier molecular flexibility index (Phi) is 5.49. The molecule has 1 aromatic rings. The second-order valence-corrected chi connectivity index (χ2v) is 3.71. The van der Waals surface area contributed by atoms with Crippen LogP contribution in [0.3, 0.4) is 0 Å². The lowest BCUT2D eigenvalue weighted by Crippen LogP contribution is -2.36. The highest BCUT2D eigenvalue weighted by Crippen LogP contribution is 2.05.